The molecule has 0 aliphatic carbocycles. The lowest BCUT2D eigenvalue weighted by Crippen LogP contribution is -2.47. The maximum atomic E-state index is 11.5. The Morgan fingerprint density at radius 3 is 2.69 bits per heavy atom. The van der Waals surface area contributed by atoms with Crippen LogP contribution in [0.2, 0.25) is 0 Å². The zero-order valence-electron chi connectivity index (χ0n) is 10.5. The van der Waals surface area contributed by atoms with Gasteiger partial charge in [-0.1, -0.05) is 6.58 Å². The van der Waals surface area contributed by atoms with Gasteiger partial charge in [0.25, 0.3) is 0 Å². The summed E-state index contributed by atoms with van der Waals surface area (Å²) < 4.78 is 10.7. The normalized spacial score (nSPS) is 25.9. The fourth-order valence-corrected chi connectivity index (χ4v) is 1.60. The van der Waals surface area contributed by atoms with Gasteiger partial charge in [-0.3, -0.25) is 0 Å². The average Bonchev–Trinajstić information content (AvgIpc) is 2.06. The van der Waals surface area contributed by atoms with E-state index in [-0.39, 0.29) is 18.2 Å². The van der Waals surface area contributed by atoms with Gasteiger partial charge in [0.2, 0.25) is 0 Å². The Morgan fingerprint density at radius 2 is 2.19 bits per heavy atom. The molecule has 1 saturated heterocycles. The van der Waals surface area contributed by atoms with Crippen molar-refractivity contribution in [3.05, 3.63) is 12.3 Å². The van der Waals surface area contributed by atoms with Crippen molar-refractivity contribution in [2.75, 3.05) is 0 Å². The van der Waals surface area contributed by atoms with E-state index in [1.54, 1.807) is 0 Å². The number of rotatable bonds is 1. The molecule has 2 atom stereocenters. The van der Waals surface area contributed by atoms with Gasteiger partial charge < -0.3 is 14.8 Å². The van der Waals surface area contributed by atoms with Gasteiger partial charge in [0.05, 0.1) is 11.8 Å². The van der Waals surface area contributed by atoms with E-state index in [1.807, 2.05) is 27.7 Å². The van der Waals surface area contributed by atoms with Crippen molar-refractivity contribution >= 4 is 6.09 Å². The zero-order valence-corrected chi connectivity index (χ0v) is 10.5. The van der Waals surface area contributed by atoms with E-state index in [9.17, 15) is 4.79 Å². The van der Waals surface area contributed by atoms with Crippen molar-refractivity contribution < 1.29 is 14.3 Å². The molecule has 1 aliphatic rings. The van der Waals surface area contributed by atoms with Gasteiger partial charge in [-0.15, -0.1) is 0 Å². The Hall–Kier alpha value is -1.19. The maximum Gasteiger partial charge on any atom is 0.408 e. The van der Waals surface area contributed by atoms with E-state index >= 15 is 0 Å². The number of hydrogen-bond acceptors (Lipinski definition) is 3. The Balaban J connectivity index is 2.42. The summed E-state index contributed by atoms with van der Waals surface area (Å²) in [6, 6.07) is 0.000324. The summed E-state index contributed by atoms with van der Waals surface area (Å²) in [4.78, 5) is 11.5. The van der Waals surface area contributed by atoms with Gasteiger partial charge >= 0.3 is 6.09 Å². The zero-order chi connectivity index (χ0) is 12.3. The van der Waals surface area contributed by atoms with Crippen LogP contribution in [-0.4, -0.2) is 23.8 Å². The number of ether oxygens (including phenoxy) is 2. The molecular formula is C12H21NO3. The molecule has 0 saturated carbocycles. The van der Waals surface area contributed by atoms with Crippen molar-refractivity contribution in [3.63, 3.8) is 0 Å². The van der Waals surface area contributed by atoms with E-state index in [0.29, 0.717) is 0 Å². The molecule has 1 rings (SSSR count). The fourth-order valence-electron chi connectivity index (χ4n) is 1.60. The van der Waals surface area contributed by atoms with Gasteiger partial charge in [-0.05, 0) is 34.1 Å². The molecule has 0 aromatic carbocycles. The first-order chi connectivity index (χ1) is 7.28. The monoisotopic (exact) mass is 227 g/mol. The summed E-state index contributed by atoms with van der Waals surface area (Å²) in [6.07, 6.45) is 1.19. The van der Waals surface area contributed by atoms with E-state index in [1.165, 1.54) is 0 Å². The van der Waals surface area contributed by atoms with Gasteiger partial charge in [-0.25, -0.2) is 4.79 Å². The second kappa shape index (κ2) is 4.76. The first-order valence-electron chi connectivity index (χ1n) is 5.62. The molecule has 0 spiro atoms. The standard InChI is InChI=1S/C12H21NO3/c1-8-6-7-10(9(2)15-8)13-11(14)16-12(3,4)5/h9-10H,1,6-7H2,2-5H3,(H,13,14)/t9-,10-/m1/s1. The van der Waals surface area contributed by atoms with Crippen LogP contribution in [0.5, 0.6) is 0 Å². The summed E-state index contributed by atoms with van der Waals surface area (Å²) in [7, 11) is 0. The minimum Gasteiger partial charge on any atom is -0.494 e. The number of nitrogens with one attached hydrogen (secondary N) is 1. The molecule has 4 heteroatoms. The highest BCUT2D eigenvalue weighted by Gasteiger charge is 2.27. The van der Waals surface area contributed by atoms with Crippen molar-refractivity contribution in [2.24, 2.45) is 0 Å². The lowest BCUT2D eigenvalue weighted by molar-refractivity contribution is 0.0277. The molecular weight excluding hydrogens is 206 g/mol. The van der Waals surface area contributed by atoms with Crippen molar-refractivity contribution in [1.82, 2.24) is 5.32 Å². The Kier molecular flexibility index (Phi) is 3.83. The summed E-state index contributed by atoms with van der Waals surface area (Å²) >= 11 is 0. The van der Waals surface area contributed by atoms with Crippen LogP contribution in [0.3, 0.4) is 0 Å². The van der Waals surface area contributed by atoms with E-state index < -0.39 is 5.60 Å². The third kappa shape index (κ3) is 4.13. The van der Waals surface area contributed by atoms with Gasteiger partial charge in [-0.2, -0.15) is 0 Å². The third-order valence-electron chi connectivity index (χ3n) is 2.36. The van der Waals surface area contributed by atoms with Gasteiger partial charge in [0, 0.05) is 6.42 Å². The smallest absolute Gasteiger partial charge is 0.408 e. The number of carbonyl (C=O) groups is 1. The molecule has 1 amide bonds. The largest absolute Gasteiger partial charge is 0.494 e. The summed E-state index contributed by atoms with van der Waals surface area (Å²) in [6.45, 7) is 11.2. The first kappa shape index (κ1) is 12.9. The molecule has 0 aromatic heterocycles. The topological polar surface area (TPSA) is 47.6 Å². The first-order valence-corrected chi connectivity index (χ1v) is 5.62. The molecule has 92 valence electrons. The Bertz CT molecular complexity index is 280. The summed E-state index contributed by atoms with van der Waals surface area (Å²) in [5, 5.41) is 2.82. The minimum atomic E-state index is -0.466. The maximum absolute atomic E-state index is 11.5. The molecule has 0 aromatic rings. The highest BCUT2D eigenvalue weighted by molar-refractivity contribution is 5.68. The number of carbonyl (C=O) groups excluding carboxylic acids is 1. The predicted molar refractivity (Wildman–Crippen MR) is 62.1 cm³/mol. The Labute approximate surface area is 97.0 Å². The highest BCUT2D eigenvalue weighted by atomic mass is 16.6. The van der Waals surface area contributed by atoms with Crippen LogP contribution in [-0.2, 0) is 9.47 Å². The van der Waals surface area contributed by atoms with Crippen LogP contribution in [0.25, 0.3) is 0 Å². The SMILES string of the molecule is C=C1CC[C@@H](NC(=O)OC(C)(C)C)[C@@H](C)O1. The molecule has 16 heavy (non-hydrogen) atoms. The second-order valence-corrected chi connectivity index (χ2v) is 5.15. The molecule has 1 N–H and O–H groups in total. The minimum absolute atomic E-state index is 0.000324. The van der Waals surface area contributed by atoms with Gasteiger partial charge in [0.1, 0.15) is 11.7 Å². The van der Waals surface area contributed by atoms with Crippen LogP contribution in [0.15, 0.2) is 12.3 Å². The number of allylic oxidation sites excluding steroid dienone is 1. The number of amides is 1. The predicted octanol–water partition coefficient (Wildman–Crippen LogP) is 2.59. The van der Waals surface area contributed by atoms with E-state index in [2.05, 4.69) is 11.9 Å². The molecule has 1 fully saturated rings. The Morgan fingerprint density at radius 1 is 1.56 bits per heavy atom. The summed E-state index contributed by atoms with van der Waals surface area (Å²) in [5.41, 5.74) is -0.466. The van der Waals surface area contributed by atoms with Crippen molar-refractivity contribution in [2.45, 2.75) is 58.3 Å². The second-order valence-electron chi connectivity index (χ2n) is 5.15. The van der Waals surface area contributed by atoms with Crippen LogP contribution in [0.1, 0.15) is 40.5 Å². The average molecular weight is 227 g/mol. The lowest BCUT2D eigenvalue weighted by atomic mass is 10.0. The number of hydrogen-bond donors (Lipinski definition) is 1. The molecule has 0 radical (unpaired) electrons. The van der Waals surface area contributed by atoms with Crippen LogP contribution < -0.4 is 5.32 Å². The third-order valence-corrected chi connectivity index (χ3v) is 2.36. The molecule has 1 heterocycles. The fraction of sp³-hybridized carbons (Fsp3) is 0.750. The quantitative estimate of drug-likeness (QED) is 0.749. The van der Waals surface area contributed by atoms with Crippen LogP contribution in [0, 0.1) is 0 Å². The lowest BCUT2D eigenvalue weighted by Gasteiger charge is -2.32. The van der Waals surface area contributed by atoms with Crippen molar-refractivity contribution in [3.8, 4) is 0 Å². The van der Waals surface area contributed by atoms with Crippen LogP contribution >= 0.6 is 0 Å². The van der Waals surface area contributed by atoms with E-state index in [0.717, 1.165) is 18.6 Å². The summed E-state index contributed by atoms with van der Waals surface area (Å²) in [5.74, 6) is 0.787. The van der Waals surface area contributed by atoms with Crippen LogP contribution in [0.4, 0.5) is 4.79 Å². The number of alkyl carbamates (subject to hydrolysis) is 1. The molecule has 4 nitrogen and oxygen atoms in total. The van der Waals surface area contributed by atoms with Gasteiger partial charge in [0.15, 0.2) is 0 Å². The van der Waals surface area contributed by atoms with E-state index in [4.69, 9.17) is 9.47 Å². The van der Waals surface area contributed by atoms with Crippen molar-refractivity contribution in [1.29, 1.82) is 0 Å². The molecule has 0 unspecified atom stereocenters. The molecule has 0 bridgehead atoms. The highest BCUT2D eigenvalue weighted by Crippen LogP contribution is 2.21. The molecule has 1 aliphatic heterocycles.